The van der Waals surface area contributed by atoms with Gasteiger partial charge in [0.05, 0.1) is 23.8 Å². The topological polar surface area (TPSA) is 133 Å². The summed E-state index contributed by atoms with van der Waals surface area (Å²) >= 11 is 0. The van der Waals surface area contributed by atoms with Gasteiger partial charge in [0.15, 0.2) is 15.6 Å². The first kappa shape index (κ1) is 27.2. The molecule has 1 heterocycles. The van der Waals surface area contributed by atoms with Gasteiger partial charge in [-0.2, -0.15) is 0 Å². The molecule has 11 heteroatoms. The second kappa shape index (κ2) is 10.7. The van der Waals surface area contributed by atoms with Crippen LogP contribution in [-0.4, -0.2) is 59.0 Å². The molecule has 0 aliphatic carbocycles. The molecule has 0 amide bonds. The average Bonchev–Trinajstić information content (AvgIpc) is 2.82. The monoisotopic (exact) mass is 518 g/mol. The van der Waals surface area contributed by atoms with E-state index >= 15 is 4.39 Å². The van der Waals surface area contributed by atoms with E-state index in [1.165, 1.54) is 26.2 Å². The molecule has 0 saturated carbocycles. The van der Waals surface area contributed by atoms with Gasteiger partial charge in [0.1, 0.15) is 17.2 Å². The van der Waals surface area contributed by atoms with Crippen molar-refractivity contribution in [3.63, 3.8) is 0 Å². The largest absolute Gasteiger partial charge is 0.466 e. The minimum Gasteiger partial charge on any atom is -0.466 e. The number of aliphatic hydroxyl groups excluding tert-OH is 1. The van der Waals surface area contributed by atoms with E-state index in [1.54, 1.807) is 24.3 Å². The summed E-state index contributed by atoms with van der Waals surface area (Å²) in [5, 5.41) is 9.20. The van der Waals surface area contributed by atoms with Crippen LogP contribution < -0.4 is 5.56 Å². The lowest BCUT2D eigenvalue weighted by Gasteiger charge is -2.25. The molecular weight excluding hydrogens is 491 g/mol. The molecule has 0 aliphatic rings. The smallest absolute Gasteiger partial charge is 0.302 e. The normalized spacial score (nSPS) is 13.4. The number of aromatic nitrogens is 2. The molecule has 0 fully saturated rings. The van der Waals surface area contributed by atoms with Crippen LogP contribution in [0.4, 0.5) is 4.39 Å². The van der Waals surface area contributed by atoms with Crippen molar-refractivity contribution < 1.29 is 32.2 Å². The Labute approximate surface area is 207 Å². The highest BCUT2D eigenvalue weighted by Crippen LogP contribution is 2.27. The van der Waals surface area contributed by atoms with Gasteiger partial charge in [0.25, 0.3) is 5.56 Å². The Morgan fingerprint density at radius 2 is 1.86 bits per heavy atom. The van der Waals surface area contributed by atoms with Gasteiger partial charge in [-0.25, -0.2) is 17.8 Å². The van der Waals surface area contributed by atoms with E-state index in [0.29, 0.717) is 12.0 Å². The molecule has 1 atom stereocenters. The van der Waals surface area contributed by atoms with E-state index in [0.717, 1.165) is 22.5 Å². The number of hydrogen-bond donors (Lipinski definition) is 1. The average molecular weight is 519 g/mol. The minimum atomic E-state index is -3.88. The number of Topliss-reactive ketones (excluding diaryl/α,β-unsaturated/α-hetero) is 1. The van der Waals surface area contributed by atoms with E-state index in [4.69, 9.17) is 4.74 Å². The van der Waals surface area contributed by atoms with Crippen LogP contribution in [0.5, 0.6) is 0 Å². The summed E-state index contributed by atoms with van der Waals surface area (Å²) in [5.74, 6) is -1.87. The van der Waals surface area contributed by atoms with E-state index in [9.17, 15) is 27.9 Å². The predicted octanol–water partition coefficient (Wildman–Crippen LogP) is 2.06. The highest BCUT2D eigenvalue weighted by molar-refractivity contribution is 7.92. The number of aliphatic hydroxyl groups is 1. The van der Waals surface area contributed by atoms with Crippen LogP contribution in [0.3, 0.4) is 0 Å². The molecular formula is C25H27FN2O7S. The maximum absolute atomic E-state index is 15.0. The first-order valence-electron chi connectivity index (χ1n) is 11.1. The van der Waals surface area contributed by atoms with E-state index in [1.807, 2.05) is 0 Å². The Bertz CT molecular complexity index is 1470. The standard InChI is InChI=1S/C25H27FN2O7S/c1-16(30)35-11-8-17-4-6-18(7-5-17)19-13-22-20(12-21(19)26)24(32)28(15-27-22)10-9-25(2,23(31)14-29)36(3,33)34/h4-7,12-13,15,29H,8-11,14H2,1-3H3/t25-/m1/s1. The quantitative estimate of drug-likeness (QED) is 0.404. The molecule has 0 spiro atoms. The SMILES string of the molecule is CC(=O)OCCc1ccc(-c2cc3ncn(CC[C@](C)(C(=O)CO)S(C)(=O)=O)c(=O)c3cc2F)cc1. The zero-order valence-corrected chi connectivity index (χ0v) is 21.0. The molecule has 3 aromatic rings. The number of ketones is 1. The molecule has 0 radical (unpaired) electrons. The summed E-state index contributed by atoms with van der Waals surface area (Å²) in [5.41, 5.74) is 1.39. The summed E-state index contributed by atoms with van der Waals surface area (Å²) < 4.78 is 43.5. The van der Waals surface area contributed by atoms with Crippen molar-refractivity contribution >= 4 is 32.5 Å². The summed E-state index contributed by atoms with van der Waals surface area (Å²) in [6.45, 7) is 1.66. The minimum absolute atomic E-state index is 0.00583. The predicted molar refractivity (Wildman–Crippen MR) is 132 cm³/mol. The number of esters is 1. The van der Waals surface area contributed by atoms with Crippen LogP contribution in [-0.2, 0) is 37.1 Å². The van der Waals surface area contributed by atoms with Gasteiger partial charge in [0.2, 0.25) is 0 Å². The lowest BCUT2D eigenvalue weighted by molar-refractivity contribution is -0.140. The number of hydrogen-bond acceptors (Lipinski definition) is 8. The lowest BCUT2D eigenvalue weighted by Crippen LogP contribution is -2.46. The molecule has 1 N–H and O–H groups in total. The van der Waals surface area contributed by atoms with Crippen molar-refractivity contribution in [1.82, 2.24) is 9.55 Å². The number of nitrogens with zero attached hydrogens (tertiary/aromatic N) is 2. The molecule has 0 bridgehead atoms. The Morgan fingerprint density at radius 3 is 2.44 bits per heavy atom. The fourth-order valence-corrected chi connectivity index (χ4v) is 4.70. The van der Waals surface area contributed by atoms with Gasteiger partial charge in [-0.1, -0.05) is 24.3 Å². The number of ether oxygens (including phenoxy) is 1. The van der Waals surface area contributed by atoms with Gasteiger partial charge in [0, 0.05) is 31.7 Å². The Balaban J connectivity index is 1.88. The van der Waals surface area contributed by atoms with Crippen LogP contribution in [0.2, 0.25) is 0 Å². The fraction of sp³-hybridized carbons (Fsp3) is 0.360. The number of aryl methyl sites for hydroxylation is 1. The number of carbonyl (C=O) groups is 2. The van der Waals surface area contributed by atoms with Crippen molar-refractivity contribution in [1.29, 1.82) is 0 Å². The Morgan fingerprint density at radius 1 is 1.19 bits per heavy atom. The van der Waals surface area contributed by atoms with Crippen LogP contribution in [0.25, 0.3) is 22.0 Å². The second-order valence-corrected chi connectivity index (χ2v) is 11.2. The number of benzene rings is 2. The maximum atomic E-state index is 15.0. The molecule has 192 valence electrons. The van der Waals surface area contributed by atoms with Crippen molar-refractivity contribution in [2.75, 3.05) is 19.5 Å². The molecule has 9 nitrogen and oxygen atoms in total. The zero-order chi connectivity index (χ0) is 26.7. The number of fused-ring (bicyclic) bond motifs is 1. The molecule has 0 unspecified atom stereocenters. The summed E-state index contributed by atoms with van der Waals surface area (Å²) in [4.78, 5) is 40.2. The van der Waals surface area contributed by atoms with Crippen molar-refractivity contribution in [2.45, 2.75) is 38.0 Å². The van der Waals surface area contributed by atoms with Crippen molar-refractivity contribution in [2.24, 2.45) is 0 Å². The van der Waals surface area contributed by atoms with Gasteiger partial charge in [-0.05, 0) is 36.6 Å². The van der Waals surface area contributed by atoms with Gasteiger partial charge < -0.3 is 9.84 Å². The number of carbonyl (C=O) groups excluding carboxylic acids is 2. The number of rotatable bonds is 10. The second-order valence-electron chi connectivity index (χ2n) is 8.71. The van der Waals surface area contributed by atoms with Crippen LogP contribution in [0.15, 0.2) is 47.5 Å². The summed E-state index contributed by atoms with van der Waals surface area (Å²) in [6.07, 6.45) is 2.37. The third-order valence-corrected chi connectivity index (χ3v) is 8.32. The van der Waals surface area contributed by atoms with Crippen LogP contribution in [0.1, 0.15) is 25.8 Å². The molecule has 1 aromatic heterocycles. The first-order chi connectivity index (χ1) is 16.9. The highest BCUT2D eigenvalue weighted by atomic mass is 32.2. The zero-order valence-electron chi connectivity index (χ0n) is 20.2. The van der Waals surface area contributed by atoms with Gasteiger partial charge in [-0.15, -0.1) is 0 Å². The third-order valence-electron chi connectivity index (χ3n) is 6.26. The molecule has 3 rings (SSSR count). The van der Waals surface area contributed by atoms with E-state index < -0.39 is 38.4 Å². The maximum Gasteiger partial charge on any atom is 0.302 e. The summed E-state index contributed by atoms with van der Waals surface area (Å²) in [7, 11) is -3.88. The third kappa shape index (κ3) is 5.68. The molecule has 36 heavy (non-hydrogen) atoms. The molecule has 0 saturated heterocycles. The number of sulfone groups is 1. The van der Waals surface area contributed by atoms with E-state index in [-0.39, 0.29) is 42.0 Å². The van der Waals surface area contributed by atoms with E-state index in [2.05, 4.69) is 4.98 Å². The number of halogens is 1. The fourth-order valence-electron chi connectivity index (χ4n) is 3.76. The van der Waals surface area contributed by atoms with Crippen molar-refractivity contribution in [3.8, 4) is 11.1 Å². The summed E-state index contributed by atoms with van der Waals surface area (Å²) in [6, 6.07) is 9.57. The lowest BCUT2D eigenvalue weighted by atomic mass is 10.0. The Hall–Kier alpha value is -3.44. The van der Waals surface area contributed by atoms with Crippen LogP contribution >= 0.6 is 0 Å². The van der Waals surface area contributed by atoms with Gasteiger partial charge >= 0.3 is 5.97 Å². The highest BCUT2D eigenvalue weighted by Gasteiger charge is 2.42. The first-order valence-corrected chi connectivity index (χ1v) is 13.0. The van der Waals surface area contributed by atoms with Crippen LogP contribution in [0, 0.1) is 5.82 Å². The molecule has 0 aliphatic heterocycles. The van der Waals surface area contributed by atoms with Crippen molar-refractivity contribution in [3.05, 3.63) is 64.5 Å². The van der Waals surface area contributed by atoms with Gasteiger partial charge in [-0.3, -0.25) is 19.0 Å². The Kier molecular flexibility index (Phi) is 8.05. The molecule has 2 aromatic carbocycles.